The molecule has 0 bridgehead atoms. The lowest BCUT2D eigenvalue weighted by atomic mass is 10.0. The number of nitrogen functional groups attached to an aromatic ring is 1. The number of amides is 1. The van der Waals surface area contributed by atoms with Crippen molar-refractivity contribution in [2.75, 3.05) is 25.5 Å². The number of benzene rings is 1. The summed E-state index contributed by atoms with van der Waals surface area (Å²) in [5.74, 6) is 0.0179. The number of pyridine rings is 2. The third-order valence-electron chi connectivity index (χ3n) is 6.13. The minimum atomic E-state index is -4.43. The van der Waals surface area contributed by atoms with Gasteiger partial charge in [0.05, 0.1) is 53.2 Å². The molecule has 0 radical (unpaired) electrons. The average Bonchev–Trinajstić information content (AvgIpc) is 3.20. The first-order chi connectivity index (χ1) is 16.1. The van der Waals surface area contributed by atoms with Crippen LogP contribution in [0.5, 0.6) is 0 Å². The zero-order chi connectivity index (χ0) is 24.2. The van der Waals surface area contributed by atoms with Crippen molar-refractivity contribution >= 4 is 33.7 Å². The van der Waals surface area contributed by atoms with Crippen molar-refractivity contribution in [2.45, 2.75) is 19.1 Å². The molecule has 176 valence electrons. The van der Waals surface area contributed by atoms with E-state index >= 15 is 0 Å². The number of ether oxygens (including phenoxy) is 1. The van der Waals surface area contributed by atoms with Gasteiger partial charge in [-0.25, -0.2) is 9.97 Å². The lowest BCUT2D eigenvalue weighted by Gasteiger charge is -2.36. The largest absolute Gasteiger partial charge is 0.416 e. The van der Waals surface area contributed by atoms with Gasteiger partial charge in [0.25, 0.3) is 5.91 Å². The fraction of sp³-hybridized carbons (Fsp3) is 0.304. The predicted octanol–water partition coefficient (Wildman–Crippen LogP) is 3.64. The first kappa shape index (κ1) is 22.1. The molecule has 0 saturated carbocycles. The Morgan fingerprint density at radius 3 is 2.62 bits per heavy atom. The Labute approximate surface area is 192 Å². The van der Waals surface area contributed by atoms with Gasteiger partial charge in [0.2, 0.25) is 0 Å². The lowest BCUT2D eigenvalue weighted by Crippen LogP contribution is -2.43. The standard InChI is InChI=1S/C23H21F3N6O2/c1-12-15(9-16-19-17(10-28-31(19)2)20(27)30-21(16)29-12)22(33)32-7-8-34-11-18(32)13-3-5-14(6-4-13)23(24,25)26/h3-6,9-10,18H,7-8,11H2,1-2H3,(H2,27,29,30)/t18-/m1/s1. The molecular weight excluding hydrogens is 449 g/mol. The van der Waals surface area contributed by atoms with E-state index in [9.17, 15) is 18.0 Å². The summed E-state index contributed by atoms with van der Waals surface area (Å²) < 4.78 is 46.2. The summed E-state index contributed by atoms with van der Waals surface area (Å²) in [7, 11) is 1.77. The summed E-state index contributed by atoms with van der Waals surface area (Å²) in [6.07, 6.45) is -2.82. The molecule has 4 aromatic rings. The Hall–Kier alpha value is -3.73. The second kappa shape index (κ2) is 7.94. The number of hydrogen-bond donors (Lipinski definition) is 1. The maximum Gasteiger partial charge on any atom is 0.416 e. The van der Waals surface area contributed by atoms with Gasteiger partial charge in [-0.2, -0.15) is 18.3 Å². The topological polar surface area (TPSA) is 99.2 Å². The number of nitrogens with zero attached hydrogens (tertiary/aromatic N) is 5. The van der Waals surface area contributed by atoms with Crippen LogP contribution in [0.3, 0.4) is 0 Å². The molecule has 0 aliphatic carbocycles. The molecule has 1 fully saturated rings. The van der Waals surface area contributed by atoms with E-state index in [1.54, 1.807) is 35.8 Å². The number of carbonyl (C=O) groups excluding carboxylic acids is 1. The van der Waals surface area contributed by atoms with Gasteiger partial charge in [-0.05, 0) is 30.7 Å². The fourth-order valence-corrected chi connectivity index (χ4v) is 4.36. The van der Waals surface area contributed by atoms with Crippen molar-refractivity contribution in [3.05, 3.63) is 58.9 Å². The molecular formula is C23H21F3N6O2. The number of aromatic nitrogens is 4. The highest BCUT2D eigenvalue weighted by Gasteiger charge is 2.33. The molecule has 1 aliphatic rings. The zero-order valence-electron chi connectivity index (χ0n) is 18.4. The van der Waals surface area contributed by atoms with Crippen LogP contribution in [0.1, 0.15) is 33.2 Å². The van der Waals surface area contributed by atoms with Crippen molar-refractivity contribution in [1.29, 1.82) is 0 Å². The lowest BCUT2D eigenvalue weighted by molar-refractivity contribution is -0.137. The zero-order valence-corrected chi connectivity index (χ0v) is 18.4. The van der Waals surface area contributed by atoms with Gasteiger partial charge < -0.3 is 15.4 Å². The maximum atomic E-state index is 13.7. The molecule has 1 aromatic carbocycles. The number of hydrogen-bond acceptors (Lipinski definition) is 6. The van der Waals surface area contributed by atoms with E-state index in [1.165, 1.54) is 12.1 Å². The highest BCUT2D eigenvalue weighted by molar-refractivity contribution is 6.09. The molecule has 1 atom stereocenters. The molecule has 11 heteroatoms. The van der Waals surface area contributed by atoms with Crippen molar-refractivity contribution in [1.82, 2.24) is 24.6 Å². The minimum Gasteiger partial charge on any atom is -0.383 e. The van der Waals surface area contributed by atoms with Crippen LogP contribution in [0.2, 0.25) is 0 Å². The summed E-state index contributed by atoms with van der Waals surface area (Å²) in [4.78, 5) is 24.2. The van der Waals surface area contributed by atoms with Crippen LogP contribution >= 0.6 is 0 Å². The summed E-state index contributed by atoms with van der Waals surface area (Å²) in [6.45, 7) is 2.52. The Morgan fingerprint density at radius 2 is 1.91 bits per heavy atom. The molecule has 1 aliphatic heterocycles. The van der Waals surface area contributed by atoms with Crippen LogP contribution in [-0.4, -0.2) is 50.3 Å². The Balaban J connectivity index is 1.56. The van der Waals surface area contributed by atoms with Crippen LogP contribution in [0.15, 0.2) is 36.5 Å². The van der Waals surface area contributed by atoms with E-state index in [4.69, 9.17) is 10.5 Å². The second-order valence-electron chi connectivity index (χ2n) is 8.23. The summed E-state index contributed by atoms with van der Waals surface area (Å²) >= 11 is 0. The number of fused-ring (bicyclic) bond motifs is 3. The summed E-state index contributed by atoms with van der Waals surface area (Å²) in [5, 5.41) is 5.54. The van der Waals surface area contributed by atoms with E-state index < -0.39 is 17.8 Å². The third kappa shape index (κ3) is 3.61. The van der Waals surface area contributed by atoms with E-state index in [0.29, 0.717) is 57.7 Å². The highest BCUT2D eigenvalue weighted by atomic mass is 19.4. The molecule has 2 N–H and O–H groups in total. The number of morpholine rings is 1. The molecule has 3 aromatic heterocycles. The maximum absolute atomic E-state index is 13.7. The van der Waals surface area contributed by atoms with Gasteiger partial charge in [-0.1, -0.05) is 12.1 Å². The number of nitrogens with two attached hydrogens (primary N) is 1. The molecule has 1 saturated heterocycles. The molecule has 0 spiro atoms. The number of anilines is 1. The normalized spacial score (nSPS) is 17.0. The Morgan fingerprint density at radius 1 is 1.18 bits per heavy atom. The summed E-state index contributed by atoms with van der Waals surface area (Å²) in [5.41, 5.74) is 7.85. The van der Waals surface area contributed by atoms with E-state index in [2.05, 4.69) is 15.1 Å². The van der Waals surface area contributed by atoms with E-state index in [0.717, 1.165) is 12.1 Å². The van der Waals surface area contributed by atoms with Crippen molar-refractivity contribution in [2.24, 2.45) is 7.05 Å². The monoisotopic (exact) mass is 470 g/mol. The van der Waals surface area contributed by atoms with Gasteiger partial charge in [0.15, 0.2) is 5.65 Å². The number of aryl methyl sites for hydroxylation is 2. The second-order valence-corrected chi connectivity index (χ2v) is 8.23. The minimum absolute atomic E-state index is 0.182. The van der Waals surface area contributed by atoms with Crippen LogP contribution in [-0.2, 0) is 18.0 Å². The summed E-state index contributed by atoms with van der Waals surface area (Å²) in [6, 6.07) is 6.02. The number of halogens is 3. The third-order valence-corrected chi connectivity index (χ3v) is 6.13. The van der Waals surface area contributed by atoms with Crippen LogP contribution in [0, 0.1) is 6.92 Å². The molecule has 8 nitrogen and oxygen atoms in total. The SMILES string of the molecule is Cc1nc2nc(N)c3cnn(C)c3c2cc1C(=O)N1CCOC[C@@H]1c1ccc(C(F)(F)F)cc1. The van der Waals surface area contributed by atoms with Crippen LogP contribution in [0.4, 0.5) is 19.0 Å². The van der Waals surface area contributed by atoms with Gasteiger partial charge in [0, 0.05) is 19.0 Å². The molecule has 5 rings (SSSR count). The quantitative estimate of drug-likeness (QED) is 0.480. The van der Waals surface area contributed by atoms with Gasteiger partial charge >= 0.3 is 6.18 Å². The average molecular weight is 470 g/mol. The van der Waals surface area contributed by atoms with Gasteiger partial charge in [-0.15, -0.1) is 0 Å². The molecule has 0 unspecified atom stereocenters. The number of carbonyl (C=O) groups is 1. The number of alkyl halides is 3. The first-order valence-corrected chi connectivity index (χ1v) is 10.6. The van der Waals surface area contributed by atoms with Crippen LogP contribution in [0.25, 0.3) is 21.9 Å². The van der Waals surface area contributed by atoms with Crippen molar-refractivity contribution < 1.29 is 22.7 Å². The van der Waals surface area contributed by atoms with E-state index in [-0.39, 0.29) is 12.5 Å². The Kier molecular flexibility index (Phi) is 5.16. The fourth-order valence-electron chi connectivity index (χ4n) is 4.36. The number of rotatable bonds is 2. The molecule has 4 heterocycles. The smallest absolute Gasteiger partial charge is 0.383 e. The Bertz CT molecular complexity index is 1410. The van der Waals surface area contributed by atoms with Crippen LogP contribution < -0.4 is 5.73 Å². The predicted molar refractivity (Wildman–Crippen MR) is 119 cm³/mol. The van der Waals surface area contributed by atoms with Crippen molar-refractivity contribution in [3.8, 4) is 0 Å². The molecule has 34 heavy (non-hydrogen) atoms. The highest BCUT2D eigenvalue weighted by Crippen LogP contribution is 2.33. The van der Waals surface area contributed by atoms with Crippen molar-refractivity contribution in [3.63, 3.8) is 0 Å². The first-order valence-electron chi connectivity index (χ1n) is 10.6. The van der Waals surface area contributed by atoms with Gasteiger partial charge in [-0.3, -0.25) is 9.48 Å². The van der Waals surface area contributed by atoms with E-state index in [1.807, 2.05) is 0 Å². The van der Waals surface area contributed by atoms with Gasteiger partial charge in [0.1, 0.15) is 5.82 Å². The molecule has 1 amide bonds.